The Morgan fingerprint density at radius 3 is 2.35 bits per heavy atom. The molecule has 108 valence electrons. The van der Waals surface area contributed by atoms with Crippen LogP contribution in [0.15, 0.2) is 39.0 Å². The molecule has 7 heteroatoms. The van der Waals surface area contributed by atoms with Gasteiger partial charge in [-0.15, -0.1) is 22.9 Å². The van der Waals surface area contributed by atoms with Crippen molar-refractivity contribution < 1.29 is 8.42 Å². The number of nitrogens with one attached hydrogen (secondary N) is 1. The zero-order chi connectivity index (χ0) is 14.8. The maximum Gasteiger partial charge on any atom is 0.242 e. The average Bonchev–Trinajstić information content (AvgIpc) is 2.77. The summed E-state index contributed by atoms with van der Waals surface area (Å²) in [6.45, 7) is 2.05. The molecule has 1 aromatic heterocycles. The van der Waals surface area contributed by atoms with Crippen LogP contribution in [0.25, 0.3) is 0 Å². The topological polar surface area (TPSA) is 46.2 Å². The summed E-state index contributed by atoms with van der Waals surface area (Å²) in [5.41, 5.74) is 1.91. The molecule has 0 radical (unpaired) electrons. The molecule has 2 aromatic rings. The number of rotatable bonds is 5. The van der Waals surface area contributed by atoms with Gasteiger partial charge in [0.05, 0.1) is 8.68 Å². The largest absolute Gasteiger partial charge is 0.242 e. The van der Waals surface area contributed by atoms with Crippen LogP contribution in [0.5, 0.6) is 0 Å². The molecule has 0 bridgehead atoms. The predicted molar refractivity (Wildman–Crippen MR) is 86.8 cm³/mol. The van der Waals surface area contributed by atoms with Gasteiger partial charge in [-0.3, -0.25) is 0 Å². The highest BCUT2D eigenvalue weighted by atomic mass is 79.9. The third kappa shape index (κ3) is 3.83. The monoisotopic (exact) mass is 393 g/mol. The van der Waals surface area contributed by atoms with Gasteiger partial charge in [0.1, 0.15) is 0 Å². The van der Waals surface area contributed by atoms with E-state index < -0.39 is 10.0 Å². The summed E-state index contributed by atoms with van der Waals surface area (Å²) >= 11 is 10.4. The average molecular weight is 395 g/mol. The molecule has 0 fully saturated rings. The van der Waals surface area contributed by atoms with Crippen LogP contribution >= 0.6 is 38.9 Å². The predicted octanol–water partition coefficient (Wildman–Crippen LogP) is 4.04. The van der Waals surface area contributed by atoms with Crippen LogP contribution in [-0.4, -0.2) is 8.42 Å². The van der Waals surface area contributed by atoms with E-state index in [4.69, 9.17) is 11.6 Å². The highest BCUT2D eigenvalue weighted by molar-refractivity contribution is 9.11. The summed E-state index contributed by atoms with van der Waals surface area (Å²) in [7, 11) is -3.48. The lowest BCUT2D eigenvalue weighted by molar-refractivity contribution is 0.581. The molecule has 0 unspecified atom stereocenters. The van der Waals surface area contributed by atoms with E-state index in [1.807, 2.05) is 24.3 Å². The summed E-state index contributed by atoms with van der Waals surface area (Å²) in [5.74, 6) is 0.453. The van der Waals surface area contributed by atoms with E-state index in [2.05, 4.69) is 20.7 Å². The molecular formula is C13H13BrClNO2S2. The molecule has 0 aliphatic heterocycles. The number of thiophene rings is 1. The molecule has 3 nitrogen and oxygen atoms in total. The minimum absolute atomic E-state index is 0.262. The van der Waals surface area contributed by atoms with Crippen molar-refractivity contribution in [2.75, 3.05) is 0 Å². The summed E-state index contributed by atoms with van der Waals surface area (Å²) in [6.07, 6.45) is 0. The summed E-state index contributed by atoms with van der Waals surface area (Å²) in [4.78, 5) is 1.09. The van der Waals surface area contributed by atoms with Crippen molar-refractivity contribution in [3.63, 3.8) is 0 Å². The lowest BCUT2D eigenvalue weighted by atomic mass is 10.1. The Bertz CT molecular complexity index is 696. The van der Waals surface area contributed by atoms with Crippen molar-refractivity contribution in [2.45, 2.75) is 24.2 Å². The van der Waals surface area contributed by atoms with Crippen LogP contribution in [0.1, 0.15) is 16.0 Å². The van der Waals surface area contributed by atoms with Crippen LogP contribution in [0.2, 0.25) is 0 Å². The second kappa shape index (κ2) is 6.58. The number of benzene rings is 1. The second-order valence-electron chi connectivity index (χ2n) is 4.25. The van der Waals surface area contributed by atoms with Crippen LogP contribution in [0.3, 0.4) is 0 Å². The smallest absolute Gasteiger partial charge is 0.207 e. The maximum absolute atomic E-state index is 12.2. The molecular weight excluding hydrogens is 382 g/mol. The van der Waals surface area contributed by atoms with Gasteiger partial charge in [0, 0.05) is 17.3 Å². The van der Waals surface area contributed by atoms with Crippen LogP contribution in [0, 0.1) is 6.92 Å². The molecule has 1 aromatic carbocycles. The fraction of sp³-hybridized carbons (Fsp3) is 0.231. The highest BCUT2D eigenvalue weighted by Crippen LogP contribution is 2.29. The van der Waals surface area contributed by atoms with E-state index in [1.165, 1.54) is 11.3 Å². The first-order valence-electron chi connectivity index (χ1n) is 5.82. The maximum atomic E-state index is 12.2. The molecule has 20 heavy (non-hydrogen) atoms. The van der Waals surface area contributed by atoms with Crippen molar-refractivity contribution in [1.82, 2.24) is 4.72 Å². The molecule has 0 amide bonds. The fourth-order valence-corrected chi connectivity index (χ4v) is 5.31. The SMILES string of the molecule is Cc1sc(Br)cc1S(=O)(=O)NCc1ccc(CCl)cc1. The number of aryl methyl sites for hydroxylation is 1. The molecule has 0 saturated heterocycles. The fourth-order valence-electron chi connectivity index (χ4n) is 1.70. The van der Waals surface area contributed by atoms with Crippen LogP contribution < -0.4 is 4.72 Å². The van der Waals surface area contributed by atoms with Crippen molar-refractivity contribution in [2.24, 2.45) is 0 Å². The normalized spacial score (nSPS) is 11.8. The van der Waals surface area contributed by atoms with Crippen molar-refractivity contribution in [3.8, 4) is 0 Å². The van der Waals surface area contributed by atoms with E-state index in [1.54, 1.807) is 13.0 Å². The number of hydrogen-bond acceptors (Lipinski definition) is 3. The number of alkyl halides is 1. The van der Waals surface area contributed by atoms with Crippen molar-refractivity contribution in [3.05, 3.63) is 50.1 Å². The summed E-state index contributed by atoms with van der Waals surface area (Å²) < 4.78 is 27.8. The first-order valence-corrected chi connectivity index (χ1v) is 9.44. The quantitative estimate of drug-likeness (QED) is 0.778. The number of halogens is 2. The Morgan fingerprint density at radius 1 is 1.25 bits per heavy atom. The molecule has 1 N–H and O–H groups in total. The summed E-state index contributed by atoms with van der Waals surface area (Å²) in [5, 5.41) is 0. The highest BCUT2D eigenvalue weighted by Gasteiger charge is 2.19. The van der Waals surface area contributed by atoms with Crippen molar-refractivity contribution >= 4 is 48.9 Å². The zero-order valence-electron chi connectivity index (χ0n) is 10.7. The van der Waals surface area contributed by atoms with Crippen LogP contribution in [0.4, 0.5) is 0 Å². The molecule has 0 aliphatic carbocycles. The molecule has 0 aliphatic rings. The zero-order valence-corrected chi connectivity index (χ0v) is 14.7. The van der Waals surface area contributed by atoms with Gasteiger partial charge in [-0.1, -0.05) is 24.3 Å². The van der Waals surface area contributed by atoms with E-state index in [0.717, 1.165) is 19.8 Å². The van der Waals surface area contributed by atoms with Gasteiger partial charge in [-0.05, 0) is 40.0 Å². The molecule has 1 heterocycles. The third-order valence-electron chi connectivity index (χ3n) is 2.78. The van der Waals surface area contributed by atoms with E-state index in [9.17, 15) is 8.42 Å². The molecule has 2 rings (SSSR count). The van der Waals surface area contributed by atoms with Crippen LogP contribution in [-0.2, 0) is 22.4 Å². The Balaban J connectivity index is 2.11. The van der Waals surface area contributed by atoms with Gasteiger partial charge in [0.15, 0.2) is 0 Å². The summed E-state index contributed by atoms with van der Waals surface area (Å²) in [6, 6.07) is 9.15. The lowest BCUT2D eigenvalue weighted by Crippen LogP contribution is -2.23. The van der Waals surface area contributed by atoms with E-state index >= 15 is 0 Å². The first-order chi connectivity index (χ1) is 9.42. The van der Waals surface area contributed by atoms with Gasteiger partial charge in [-0.2, -0.15) is 0 Å². The minimum Gasteiger partial charge on any atom is -0.207 e. The first kappa shape index (κ1) is 16.0. The Kier molecular flexibility index (Phi) is 5.25. The molecule has 0 saturated carbocycles. The van der Waals surface area contributed by atoms with Gasteiger partial charge in [0.25, 0.3) is 0 Å². The van der Waals surface area contributed by atoms with E-state index in [0.29, 0.717) is 10.8 Å². The Labute approximate surface area is 136 Å². The third-order valence-corrected chi connectivity index (χ3v) is 6.29. The van der Waals surface area contributed by atoms with Crippen molar-refractivity contribution in [1.29, 1.82) is 0 Å². The Morgan fingerprint density at radius 2 is 1.85 bits per heavy atom. The minimum atomic E-state index is -3.48. The van der Waals surface area contributed by atoms with Gasteiger partial charge in [-0.25, -0.2) is 13.1 Å². The second-order valence-corrected chi connectivity index (χ2v) is 8.88. The lowest BCUT2D eigenvalue weighted by Gasteiger charge is -2.07. The molecule has 0 spiro atoms. The standard InChI is InChI=1S/C13H13BrClNO2S2/c1-9-12(6-13(14)19-9)20(17,18)16-8-11-4-2-10(7-15)3-5-11/h2-6,16H,7-8H2,1H3. The Hall–Kier alpha value is -0.400. The van der Waals surface area contributed by atoms with Gasteiger partial charge < -0.3 is 0 Å². The van der Waals surface area contributed by atoms with Gasteiger partial charge in [0.2, 0.25) is 10.0 Å². The van der Waals surface area contributed by atoms with Gasteiger partial charge >= 0.3 is 0 Å². The van der Waals surface area contributed by atoms with E-state index in [-0.39, 0.29) is 6.54 Å². The number of sulfonamides is 1. The number of hydrogen-bond donors (Lipinski definition) is 1. The molecule has 0 atom stereocenters.